The molecule has 0 N–H and O–H groups in total. The lowest BCUT2D eigenvalue weighted by Gasteiger charge is -1.99. The lowest BCUT2D eigenvalue weighted by atomic mass is 10.1. The summed E-state index contributed by atoms with van der Waals surface area (Å²) >= 11 is 0. The number of rotatable bonds is 1. The van der Waals surface area contributed by atoms with Gasteiger partial charge in [-0.2, -0.15) is 0 Å². The van der Waals surface area contributed by atoms with Crippen LogP contribution in [0.2, 0.25) is 0 Å². The third-order valence-electron chi connectivity index (χ3n) is 2.47. The van der Waals surface area contributed by atoms with Crippen LogP contribution >= 0.6 is 0 Å². The van der Waals surface area contributed by atoms with E-state index in [-0.39, 0.29) is 0 Å². The van der Waals surface area contributed by atoms with Gasteiger partial charge in [0.1, 0.15) is 7.05 Å². The van der Waals surface area contributed by atoms with Gasteiger partial charge < -0.3 is 0 Å². The fourth-order valence-corrected chi connectivity index (χ4v) is 1.68. The normalized spacial score (nSPS) is 9.60. The highest BCUT2D eigenvalue weighted by Crippen LogP contribution is 2.11. The van der Waals surface area contributed by atoms with Crippen LogP contribution in [0.5, 0.6) is 0 Å². The summed E-state index contributed by atoms with van der Waals surface area (Å²) in [6.07, 6.45) is 3.27. The van der Waals surface area contributed by atoms with Crippen LogP contribution in [0.4, 0.5) is 0 Å². The van der Waals surface area contributed by atoms with Crippen LogP contribution < -0.4 is 4.57 Å². The summed E-state index contributed by atoms with van der Waals surface area (Å²) in [6, 6.07) is 10.7. The molecule has 0 atom stereocenters. The van der Waals surface area contributed by atoms with Gasteiger partial charge in [-0.3, -0.25) is 0 Å². The zero-order valence-electron chi connectivity index (χ0n) is 10.1. The molecule has 1 heteroatoms. The van der Waals surface area contributed by atoms with Crippen LogP contribution in [0.1, 0.15) is 26.5 Å². The smallest absolute Gasteiger partial charge is 0.181 e. The minimum absolute atomic E-state index is 1.08. The largest absolute Gasteiger partial charge is 0.205 e. The van der Waals surface area contributed by atoms with Crippen molar-refractivity contribution in [2.45, 2.75) is 27.2 Å². The Morgan fingerprint density at radius 2 is 1.67 bits per heavy atom. The van der Waals surface area contributed by atoms with Gasteiger partial charge in [0.05, 0.1) is 0 Å². The van der Waals surface area contributed by atoms with Crippen LogP contribution in [0.15, 0.2) is 36.5 Å². The first-order chi connectivity index (χ1) is 7.31. The molecule has 0 aliphatic rings. The first-order valence-corrected chi connectivity index (χ1v) is 5.68. The standard InChI is InChI=1S/C12H14N.C2H6/c1-3-12-8-10-6-4-5-7-11(10)9-13(12)2;1-2/h4-9H,3H2,1-2H3;1-2H3/q+1;. The SMILES string of the molecule is CC.CCc1cc2ccccc2c[n+]1C. The molecular weight excluding hydrogens is 182 g/mol. The fraction of sp³-hybridized carbons (Fsp3) is 0.357. The van der Waals surface area contributed by atoms with Gasteiger partial charge in [0.25, 0.3) is 0 Å². The maximum absolute atomic E-state index is 2.26. The van der Waals surface area contributed by atoms with E-state index in [0.29, 0.717) is 0 Å². The highest BCUT2D eigenvalue weighted by molar-refractivity contribution is 5.80. The number of hydrogen-bond acceptors (Lipinski definition) is 0. The van der Waals surface area contributed by atoms with Gasteiger partial charge in [-0.1, -0.05) is 39.0 Å². The van der Waals surface area contributed by atoms with E-state index in [9.17, 15) is 0 Å². The summed E-state index contributed by atoms with van der Waals surface area (Å²) in [6.45, 7) is 6.18. The van der Waals surface area contributed by atoms with Crippen molar-refractivity contribution in [1.29, 1.82) is 0 Å². The summed E-state index contributed by atoms with van der Waals surface area (Å²) in [7, 11) is 2.10. The molecule has 0 saturated carbocycles. The fourth-order valence-electron chi connectivity index (χ4n) is 1.68. The van der Waals surface area contributed by atoms with Crippen molar-refractivity contribution >= 4 is 10.8 Å². The Morgan fingerprint density at radius 1 is 1.07 bits per heavy atom. The predicted molar refractivity (Wildman–Crippen MR) is 65.9 cm³/mol. The minimum Gasteiger partial charge on any atom is -0.205 e. The molecule has 0 aliphatic carbocycles. The molecule has 1 nitrogen and oxygen atoms in total. The molecule has 80 valence electrons. The zero-order valence-corrected chi connectivity index (χ0v) is 10.1. The van der Waals surface area contributed by atoms with Crippen molar-refractivity contribution in [1.82, 2.24) is 0 Å². The quantitative estimate of drug-likeness (QED) is 0.625. The number of fused-ring (bicyclic) bond motifs is 1. The molecule has 0 aliphatic heterocycles. The topological polar surface area (TPSA) is 3.88 Å². The maximum Gasteiger partial charge on any atom is 0.181 e. The molecule has 2 aromatic rings. The second-order valence-corrected chi connectivity index (χ2v) is 3.36. The monoisotopic (exact) mass is 202 g/mol. The third-order valence-corrected chi connectivity index (χ3v) is 2.47. The number of benzene rings is 1. The van der Waals surface area contributed by atoms with Crippen molar-refractivity contribution < 1.29 is 4.57 Å². The molecule has 0 saturated heterocycles. The van der Waals surface area contributed by atoms with Gasteiger partial charge in [0.2, 0.25) is 0 Å². The summed E-state index contributed by atoms with van der Waals surface area (Å²) in [5.74, 6) is 0. The van der Waals surface area contributed by atoms with Gasteiger partial charge in [-0.15, -0.1) is 0 Å². The Morgan fingerprint density at radius 3 is 2.27 bits per heavy atom. The van der Waals surface area contributed by atoms with Crippen molar-refractivity contribution in [3.63, 3.8) is 0 Å². The molecule has 2 rings (SSSR count). The predicted octanol–water partition coefficient (Wildman–Crippen LogP) is 3.25. The van der Waals surface area contributed by atoms with Crippen LogP contribution in [0.25, 0.3) is 10.8 Å². The average Bonchev–Trinajstić information content (AvgIpc) is 2.31. The first-order valence-electron chi connectivity index (χ1n) is 5.68. The van der Waals surface area contributed by atoms with E-state index in [0.717, 1.165) is 6.42 Å². The molecule has 0 unspecified atom stereocenters. The third kappa shape index (κ3) is 2.56. The Hall–Kier alpha value is -1.37. The van der Waals surface area contributed by atoms with Crippen molar-refractivity contribution in [2.24, 2.45) is 7.05 Å². The molecule has 0 amide bonds. The number of pyridine rings is 1. The molecule has 1 aromatic carbocycles. The summed E-state index contributed by atoms with van der Waals surface area (Å²) in [4.78, 5) is 0. The van der Waals surface area contributed by atoms with Gasteiger partial charge in [-0.25, -0.2) is 4.57 Å². The molecule has 0 bridgehead atoms. The molecule has 15 heavy (non-hydrogen) atoms. The molecule has 1 aromatic heterocycles. The average molecular weight is 202 g/mol. The van der Waals surface area contributed by atoms with Crippen LogP contribution in [-0.4, -0.2) is 0 Å². The zero-order chi connectivity index (χ0) is 11.3. The van der Waals surface area contributed by atoms with Crippen LogP contribution in [0.3, 0.4) is 0 Å². The van der Waals surface area contributed by atoms with E-state index >= 15 is 0 Å². The number of hydrogen-bond donors (Lipinski definition) is 0. The molecule has 0 fully saturated rings. The summed E-state index contributed by atoms with van der Waals surface area (Å²) < 4.78 is 2.20. The van der Waals surface area contributed by atoms with E-state index in [1.807, 2.05) is 13.8 Å². The van der Waals surface area contributed by atoms with E-state index < -0.39 is 0 Å². The maximum atomic E-state index is 2.26. The van der Waals surface area contributed by atoms with Crippen molar-refractivity contribution in [3.05, 3.63) is 42.2 Å². The summed E-state index contributed by atoms with van der Waals surface area (Å²) in [5.41, 5.74) is 1.37. The van der Waals surface area contributed by atoms with Gasteiger partial charge in [-0.05, 0) is 11.5 Å². The number of nitrogens with zero attached hydrogens (tertiary/aromatic N) is 1. The molecular formula is C14H20N+. The Labute approximate surface area is 92.4 Å². The van der Waals surface area contributed by atoms with Gasteiger partial charge in [0, 0.05) is 17.9 Å². The van der Waals surface area contributed by atoms with Crippen LogP contribution in [0, 0.1) is 0 Å². The highest BCUT2D eigenvalue weighted by atomic mass is 14.9. The van der Waals surface area contributed by atoms with E-state index in [1.165, 1.54) is 16.5 Å². The van der Waals surface area contributed by atoms with Gasteiger partial charge >= 0.3 is 0 Å². The lowest BCUT2D eigenvalue weighted by Crippen LogP contribution is -2.32. The molecule has 1 heterocycles. The van der Waals surface area contributed by atoms with E-state index in [4.69, 9.17) is 0 Å². The molecule has 0 radical (unpaired) electrons. The highest BCUT2D eigenvalue weighted by Gasteiger charge is 2.05. The van der Waals surface area contributed by atoms with Crippen molar-refractivity contribution in [3.8, 4) is 0 Å². The number of aryl methyl sites for hydroxylation is 2. The first kappa shape index (κ1) is 11.7. The second-order valence-electron chi connectivity index (χ2n) is 3.36. The lowest BCUT2D eigenvalue weighted by molar-refractivity contribution is -0.677. The Bertz CT molecular complexity index is 432. The Kier molecular flexibility index (Phi) is 4.29. The van der Waals surface area contributed by atoms with Crippen LogP contribution in [-0.2, 0) is 13.5 Å². The molecule has 0 spiro atoms. The summed E-state index contributed by atoms with van der Waals surface area (Å²) in [5, 5.41) is 2.64. The van der Waals surface area contributed by atoms with E-state index in [1.54, 1.807) is 0 Å². The van der Waals surface area contributed by atoms with E-state index in [2.05, 4.69) is 55.1 Å². The second kappa shape index (κ2) is 5.50. The van der Waals surface area contributed by atoms with Gasteiger partial charge in [0.15, 0.2) is 11.9 Å². The Balaban J connectivity index is 0.000000531. The van der Waals surface area contributed by atoms with Crippen molar-refractivity contribution in [2.75, 3.05) is 0 Å². The number of aromatic nitrogens is 1. The minimum atomic E-state index is 1.08.